The molecule has 0 unspecified atom stereocenters. The third-order valence-corrected chi connectivity index (χ3v) is 3.59. The molecule has 0 aliphatic heterocycles. The molecule has 1 aromatic heterocycles. The normalized spacial score (nSPS) is 15.6. The third kappa shape index (κ3) is 1.93. The van der Waals surface area contributed by atoms with E-state index in [1.54, 1.807) is 12.1 Å². The second-order valence-electron chi connectivity index (χ2n) is 3.43. The van der Waals surface area contributed by atoms with Crippen molar-refractivity contribution in [1.82, 2.24) is 4.90 Å². The van der Waals surface area contributed by atoms with Gasteiger partial charge < -0.3 is 4.90 Å². The molecular formula is C10H12ClNOS. The van der Waals surface area contributed by atoms with Crippen LogP contribution in [0.1, 0.15) is 29.4 Å². The van der Waals surface area contributed by atoms with Gasteiger partial charge in [0.05, 0.1) is 9.21 Å². The van der Waals surface area contributed by atoms with Crippen LogP contribution in [0.3, 0.4) is 0 Å². The predicted molar refractivity (Wildman–Crippen MR) is 59.1 cm³/mol. The van der Waals surface area contributed by atoms with Crippen molar-refractivity contribution in [3.05, 3.63) is 21.3 Å². The number of rotatable bonds is 3. The average molecular weight is 230 g/mol. The molecule has 0 spiro atoms. The second kappa shape index (κ2) is 3.91. The van der Waals surface area contributed by atoms with Crippen LogP contribution in [0.5, 0.6) is 0 Å². The van der Waals surface area contributed by atoms with Crippen molar-refractivity contribution < 1.29 is 4.79 Å². The van der Waals surface area contributed by atoms with Gasteiger partial charge in [-0.2, -0.15) is 0 Å². The van der Waals surface area contributed by atoms with Crippen LogP contribution in [0.25, 0.3) is 0 Å². The molecular weight excluding hydrogens is 218 g/mol. The molecule has 0 saturated heterocycles. The molecule has 1 fully saturated rings. The molecule has 0 atom stereocenters. The largest absolute Gasteiger partial charge is 0.335 e. The van der Waals surface area contributed by atoms with Crippen molar-refractivity contribution in [3.63, 3.8) is 0 Å². The summed E-state index contributed by atoms with van der Waals surface area (Å²) in [6.45, 7) is 2.81. The lowest BCUT2D eigenvalue weighted by atomic mass is 10.4. The molecule has 1 amide bonds. The van der Waals surface area contributed by atoms with Gasteiger partial charge in [0, 0.05) is 12.6 Å². The van der Waals surface area contributed by atoms with Crippen molar-refractivity contribution in [1.29, 1.82) is 0 Å². The Morgan fingerprint density at radius 1 is 1.64 bits per heavy atom. The van der Waals surface area contributed by atoms with Gasteiger partial charge in [0.1, 0.15) is 0 Å². The Hall–Kier alpha value is -0.540. The summed E-state index contributed by atoms with van der Waals surface area (Å²) in [4.78, 5) is 14.6. The highest BCUT2D eigenvalue weighted by Gasteiger charge is 2.32. The van der Waals surface area contributed by atoms with Crippen molar-refractivity contribution >= 4 is 28.8 Å². The minimum atomic E-state index is 0.131. The Bertz CT molecular complexity index is 346. The van der Waals surface area contributed by atoms with E-state index in [1.807, 2.05) is 11.8 Å². The van der Waals surface area contributed by atoms with Gasteiger partial charge in [-0.3, -0.25) is 4.79 Å². The van der Waals surface area contributed by atoms with Gasteiger partial charge in [-0.05, 0) is 31.9 Å². The Balaban J connectivity index is 2.13. The Morgan fingerprint density at radius 3 is 2.79 bits per heavy atom. The minimum Gasteiger partial charge on any atom is -0.335 e. The molecule has 1 aliphatic carbocycles. The van der Waals surface area contributed by atoms with Crippen LogP contribution in [0.4, 0.5) is 0 Å². The lowest BCUT2D eigenvalue weighted by molar-refractivity contribution is 0.0757. The van der Waals surface area contributed by atoms with Crippen LogP contribution in [0.2, 0.25) is 4.34 Å². The summed E-state index contributed by atoms with van der Waals surface area (Å²) in [5, 5.41) is 0. The topological polar surface area (TPSA) is 20.3 Å². The molecule has 0 bridgehead atoms. The zero-order valence-electron chi connectivity index (χ0n) is 8.00. The highest BCUT2D eigenvalue weighted by atomic mass is 35.5. The van der Waals surface area contributed by atoms with Gasteiger partial charge in [-0.25, -0.2) is 0 Å². The zero-order valence-corrected chi connectivity index (χ0v) is 9.57. The lowest BCUT2D eigenvalue weighted by Crippen LogP contribution is -2.32. The number of hydrogen-bond acceptors (Lipinski definition) is 2. The van der Waals surface area contributed by atoms with Crippen molar-refractivity contribution in [2.24, 2.45) is 0 Å². The molecule has 0 radical (unpaired) electrons. The first-order valence-electron chi connectivity index (χ1n) is 4.78. The van der Waals surface area contributed by atoms with Gasteiger partial charge in [0.15, 0.2) is 0 Å². The fourth-order valence-corrected chi connectivity index (χ4v) is 2.52. The Kier molecular flexibility index (Phi) is 2.79. The first kappa shape index (κ1) is 9.99. The molecule has 1 aliphatic rings. The molecule has 0 N–H and O–H groups in total. The van der Waals surface area contributed by atoms with E-state index >= 15 is 0 Å². The number of thiophene rings is 1. The molecule has 2 nitrogen and oxygen atoms in total. The van der Waals surface area contributed by atoms with E-state index in [0.717, 1.165) is 24.3 Å². The summed E-state index contributed by atoms with van der Waals surface area (Å²) in [6.07, 6.45) is 2.30. The minimum absolute atomic E-state index is 0.131. The fraction of sp³-hybridized carbons (Fsp3) is 0.500. The van der Waals surface area contributed by atoms with Gasteiger partial charge >= 0.3 is 0 Å². The summed E-state index contributed by atoms with van der Waals surface area (Å²) in [5.41, 5.74) is 0. The molecule has 1 aromatic rings. The molecule has 2 rings (SSSR count). The van der Waals surface area contributed by atoms with E-state index < -0.39 is 0 Å². The van der Waals surface area contributed by atoms with E-state index in [1.165, 1.54) is 11.3 Å². The van der Waals surface area contributed by atoms with Gasteiger partial charge in [0.2, 0.25) is 0 Å². The maximum absolute atomic E-state index is 11.9. The fourth-order valence-electron chi connectivity index (χ4n) is 1.52. The van der Waals surface area contributed by atoms with Gasteiger partial charge in [0.25, 0.3) is 5.91 Å². The SMILES string of the molecule is CCN(C(=O)c1ccc(Cl)s1)C1CC1. The maximum atomic E-state index is 11.9. The van der Waals surface area contributed by atoms with E-state index in [0.29, 0.717) is 10.4 Å². The molecule has 0 aromatic carbocycles. The van der Waals surface area contributed by atoms with Crippen LogP contribution < -0.4 is 0 Å². The number of hydrogen-bond donors (Lipinski definition) is 0. The molecule has 1 heterocycles. The van der Waals surface area contributed by atoms with Gasteiger partial charge in [-0.1, -0.05) is 11.6 Å². The highest BCUT2D eigenvalue weighted by molar-refractivity contribution is 7.17. The van der Waals surface area contributed by atoms with Crippen molar-refractivity contribution in [2.75, 3.05) is 6.54 Å². The predicted octanol–water partition coefficient (Wildman–Crippen LogP) is 3.03. The van der Waals surface area contributed by atoms with E-state index in [4.69, 9.17) is 11.6 Å². The highest BCUT2D eigenvalue weighted by Crippen LogP contribution is 2.30. The molecule has 4 heteroatoms. The second-order valence-corrected chi connectivity index (χ2v) is 5.14. The number of carbonyl (C=O) groups is 1. The van der Waals surface area contributed by atoms with Gasteiger partial charge in [-0.15, -0.1) is 11.3 Å². The number of amides is 1. The number of carbonyl (C=O) groups excluding carboxylic acids is 1. The molecule has 1 saturated carbocycles. The summed E-state index contributed by atoms with van der Waals surface area (Å²) >= 11 is 7.15. The van der Waals surface area contributed by atoms with E-state index in [9.17, 15) is 4.79 Å². The Labute approximate surface area is 92.5 Å². The third-order valence-electron chi connectivity index (χ3n) is 2.37. The summed E-state index contributed by atoms with van der Waals surface area (Å²) in [5.74, 6) is 0.131. The Morgan fingerprint density at radius 2 is 2.36 bits per heavy atom. The van der Waals surface area contributed by atoms with Crippen LogP contribution in [-0.4, -0.2) is 23.4 Å². The smallest absolute Gasteiger partial charge is 0.264 e. The monoisotopic (exact) mass is 229 g/mol. The van der Waals surface area contributed by atoms with E-state index in [-0.39, 0.29) is 5.91 Å². The standard InChI is InChI=1S/C10H12ClNOS/c1-2-12(7-3-4-7)10(13)8-5-6-9(11)14-8/h5-7H,2-4H2,1H3. The quantitative estimate of drug-likeness (QED) is 0.780. The zero-order chi connectivity index (χ0) is 10.1. The number of halogens is 1. The summed E-state index contributed by atoms with van der Waals surface area (Å²) in [6, 6.07) is 4.06. The maximum Gasteiger partial charge on any atom is 0.264 e. The van der Waals surface area contributed by atoms with Crippen LogP contribution >= 0.6 is 22.9 Å². The first-order valence-corrected chi connectivity index (χ1v) is 5.98. The van der Waals surface area contributed by atoms with Crippen molar-refractivity contribution in [2.45, 2.75) is 25.8 Å². The van der Waals surface area contributed by atoms with Crippen LogP contribution in [-0.2, 0) is 0 Å². The summed E-state index contributed by atoms with van der Waals surface area (Å²) < 4.78 is 0.681. The van der Waals surface area contributed by atoms with Crippen molar-refractivity contribution in [3.8, 4) is 0 Å². The molecule has 14 heavy (non-hydrogen) atoms. The first-order chi connectivity index (χ1) is 6.72. The lowest BCUT2D eigenvalue weighted by Gasteiger charge is -2.19. The van der Waals surface area contributed by atoms with Crippen LogP contribution in [0.15, 0.2) is 12.1 Å². The average Bonchev–Trinajstić information content (AvgIpc) is 2.90. The van der Waals surface area contributed by atoms with E-state index in [2.05, 4.69) is 0 Å². The van der Waals surface area contributed by atoms with Crippen LogP contribution in [0, 0.1) is 0 Å². The number of nitrogens with zero attached hydrogens (tertiary/aromatic N) is 1. The molecule has 76 valence electrons. The summed E-state index contributed by atoms with van der Waals surface area (Å²) in [7, 11) is 0.